The Balaban J connectivity index is 1.44. The van der Waals surface area contributed by atoms with Crippen LogP contribution in [0.3, 0.4) is 0 Å². The molecule has 142 valence electrons. The molecule has 4 aliphatic rings. The minimum atomic E-state index is -0.607. The molecular formula is C19H30O6. The lowest BCUT2D eigenvalue weighted by Crippen LogP contribution is -2.44. The highest BCUT2D eigenvalue weighted by atomic mass is 16.8. The van der Waals surface area contributed by atoms with E-state index in [9.17, 15) is 4.79 Å². The Morgan fingerprint density at radius 2 is 1.52 bits per heavy atom. The SMILES string of the molecule is O=C1O[C@@H]([C@H]2COCCCCCCCO2)[C@H]2OC3(CCCCC3)OC12. The fourth-order valence-electron chi connectivity index (χ4n) is 4.45. The van der Waals surface area contributed by atoms with E-state index in [-0.39, 0.29) is 18.2 Å². The lowest BCUT2D eigenvalue weighted by molar-refractivity contribution is -0.225. The van der Waals surface area contributed by atoms with E-state index in [4.69, 9.17) is 23.7 Å². The topological polar surface area (TPSA) is 63.2 Å². The van der Waals surface area contributed by atoms with E-state index in [0.29, 0.717) is 13.2 Å². The minimum absolute atomic E-state index is 0.278. The Labute approximate surface area is 149 Å². The minimum Gasteiger partial charge on any atom is -0.455 e. The average molecular weight is 354 g/mol. The molecule has 1 spiro atoms. The van der Waals surface area contributed by atoms with Crippen molar-refractivity contribution in [2.24, 2.45) is 0 Å². The van der Waals surface area contributed by atoms with Crippen molar-refractivity contribution in [3.05, 3.63) is 0 Å². The van der Waals surface area contributed by atoms with Crippen molar-refractivity contribution >= 4 is 5.97 Å². The summed E-state index contributed by atoms with van der Waals surface area (Å²) in [7, 11) is 0. The van der Waals surface area contributed by atoms with Crippen LogP contribution in [0.5, 0.6) is 0 Å². The van der Waals surface area contributed by atoms with Crippen molar-refractivity contribution < 1.29 is 28.5 Å². The second kappa shape index (κ2) is 7.91. The lowest BCUT2D eigenvalue weighted by Gasteiger charge is -2.34. The molecule has 3 heterocycles. The molecule has 3 saturated heterocycles. The van der Waals surface area contributed by atoms with Crippen molar-refractivity contribution in [1.29, 1.82) is 0 Å². The van der Waals surface area contributed by atoms with Gasteiger partial charge >= 0.3 is 5.97 Å². The second-order valence-electron chi connectivity index (χ2n) is 7.75. The van der Waals surface area contributed by atoms with Gasteiger partial charge in [0.15, 0.2) is 18.0 Å². The zero-order valence-electron chi connectivity index (χ0n) is 15.0. The van der Waals surface area contributed by atoms with Crippen molar-refractivity contribution in [1.82, 2.24) is 0 Å². The van der Waals surface area contributed by atoms with Crippen LogP contribution in [0.25, 0.3) is 0 Å². The number of cyclic esters (lactones) is 1. The summed E-state index contributed by atoms with van der Waals surface area (Å²) in [5.41, 5.74) is 0. The number of esters is 1. The number of hydrogen-bond acceptors (Lipinski definition) is 6. The van der Waals surface area contributed by atoms with Gasteiger partial charge in [-0.2, -0.15) is 0 Å². The molecule has 1 saturated carbocycles. The number of fused-ring (bicyclic) bond motifs is 1. The standard InChI is InChI=1S/C19H30O6/c20-18-17-16(24-19(25-17)9-5-4-6-10-19)15(23-18)14-13-21-11-7-2-1-3-8-12-22-14/h14-17H,1-13H2/t14-,15+,16-,17?/m1/s1. The molecule has 0 aromatic carbocycles. The highest BCUT2D eigenvalue weighted by Crippen LogP contribution is 2.45. The highest BCUT2D eigenvalue weighted by molar-refractivity contribution is 5.78. The Morgan fingerprint density at radius 1 is 0.800 bits per heavy atom. The molecule has 6 heteroatoms. The van der Waals surface area contributed by atoms with E-state index in [2.05, 4.69) is 0 Å². The van der Waals surface area contributed by atoms with Gasteiger partial charge in [0.05, 0.1) is 6.61 Å². The van der Waals surface area contributed by atoms with Crippen LogP contribution in [-0.2, 0) is 28.5 Å². The molecular weight excluding hydrogens is 324 g/mol. The third kappa shape index (κ3) is 3.87. The zero-order chi connectivity index (χ0) is 17.1. The number of rotatable bonds is 1. The van der Waals surface area contributed by atoms with Gasteiger partial charge in [0, 0.05) is 26.1 Å². The van der Waals surface area contributed by atoms with Gasteiger partial charge < -0.3 is 23.7 Å². The predicted octanol–water partition coefficient (Wildman–Crippen LogP) is 2.72. The van der Waals surface area contributed by atoms with Crippen molar-refractivity contribution in [2.75, 3.05) is 19.8 Å². The summed E-state index contributed by atoms with van der Waals surface area (Å²) in [6.07, 6.45) is 9.12. The second-order valence-corrected chi connectivity index (χ2v) is 7.75. The molecule has 4 rings (SSSR count). The van der Waals surface area contributed by atoms with E-state index in [1.807, 2.05) is 0 Å². The van der Waals surface area contributed by atoms with Crippen molar-refractivity contribution in [3.8, 4) is 0 Å². The van der Waals surface area contributed by atoms with E-state index in [1.54, 1.807) is 0 Å². The molecule has 0 radical (unpaired) electrons. The van der Waals surface area contributed by atoms with Gasteiger partial charge in [-0.3, -0.25) is 0 Å². The van der Waals surface area contributed by atoms with Crippen LogP contribution < -0.4 is 0 Å². The van der Waals surface area contributed by atoms with Crippen LogP contribution in [0.1, 0.15) is 64.2 Å². The molecule has 1 unspecified atom stereocenters. The third-order valence-electron chi connectivity index (χ3n) is 5.83. The Bertz CT molecular complexity index is 449. The Morgan fingerprint density at radius 3 is 2.36 bits per heavy atom. The molecule has 25 heavy (non-hydrogen) atoms. The maximum Gasteiger partial charge on any atom is 0.338 e. The first-order valence-corrected chi connectivity index (χ1v) is 10.0. The average Bonchev–Trinajstić information content (AvgIpc) is 3.09. The molecule has 0 amide bonds. The first-order valence-electron chi connectivity index (χ1n) is 10.0. The van der Waals surface area contributed by atoms with Gasteiger partial charge in [0.25, 0.3) is 0 Å². The molecule has 3 aliphatic heterocycles. The maximum atomic E-state index is 12.3. The van der Waals surface area contributed by atoms with Gasteiger partial charge in [0.1, 0.15) is 12.2 Å². The molecule has 4 fully saturated rings. The van der Waals surface area contributed by atoms with Crippen LogP contribution >= 0.6 is 0 Å². The van der Waals surface area contributed by atoms with Crippen molar-refractivity contribution in [2.45, 2.75) is 94.4 Å². The molecule has 6 nitrogen and oxygen atoms in total. The van der Waals surface area contributed by atoms with Crippen LogP contribution in [0, 0.1) is 0 Å². The monoisotopic (exact) mass is 354 g/mol. The molecule has 4 atom stereocenters. The van der Waals surface area contributed by atoms with Crippen LogP contribution in [0.2, 0.25) is 0 Å². The fraction of sp³-hybridized carbons (Fsp3) is 0.947. The fourth-order valence-corrected chi connectivity index (χ4v) is 4.45. The first-order chi connectivity index (χ1) is 12.3. The van der Waals surface area contributed by atoms with Crippen LogP contribution in [-0.4, -0.2) is 56.0 Å². The molecule has 0 N–H and O–H groups in total. The summed E-state index contributed by atoms with van der Waals surface area (Å²) in [6.45, 7) is 1.85. The third-order valence-corrected chi connectivity index (χ3v) is 5.83. The number of carbonyl (C=O) groups is 1. The smallest absolute Gasteiger partial charge is 0.338 e. The largest absolute Gasteiger partial charge is 0.455 e. The number of ether oxygens (including phenoxy) is 5. The summed E-state index contributed by atoms with van der Waals surface area (Å²) in [5, 5.41) is 0. The zero-order valence-corrected chi connectivity index (χ0v) is 15.0. The number of carbonyl (C=O) groups excluding carboxylic acids is 1. The Kier molecular flexibility index (Phi) is 5.60. The molecule has 0 aromatic rings. The Hall–Kier alpha value is -0.690. The molecule has 1 aliphatic carbocycles. The van der Waals surface area contributed by atoms with Crippen molar-refractivity contribution in [3.63, 3.8) is 0 Å². The van der Waals surface area contributed by atoms with E-state index in [1.165, 1.54) is 25.7 Å². The summed E-state index contributed by atoms with van der Waals surface area (Å²) in [5.74, 6) is -0.894. The predicted molar refractivity (Wildman–Crippen MR) is 89.1 cm³/mol. The van der Waals surface area contributed by atoms with E-state index in [0.717, 1.165) is 45.1 Å². The van der Waals surface area contributed by atoms with Gasteiger partial charge in [-0.25, -0.2) is 4.79 Å². The number of hydrogen-bond donors (Lipinski definition) is 0. The van der Waals surface area contributed by atoms with Crippen LogP contribution in [0.4, 0.5) is 0 Å². The van der Waals surface area contributed by atoms with Gasteiger partial charge in [-0.15, -0.1) is 0 Å². The van der Waals surface area contributed by atoms with E-state index >= 15 is 0 Å². The molecule has 0 aromatic heterocycles. The van der Waals surface area contributed by atoms with Gasteiger partial charge in [0.2, 0.25) is 0 Å². The summed E-state index contributed by atoms with van der Waals surface area (Å²) in [4.78, 5) is 12.3. The quantitative estimate of drug-likeness (QED) is 0.675. The van der Waals surface area contributed by atoms with Gasteiger partial charge in [-0.05, 0) is 25.7 Å². The normalized spacial score (nSPS) is 39.6. The summed E-state index contributed by atoms with van der Waals surface area (Å²) in [6, 6.07) is 0. The highest BCUT2D eigenvalue weighted by Gasteiger charge is 2.60. The van der Waals surface area contributed by atoms with E-state index < -0.39 is 18.0 Å². The summed E-state index contributed by atoms with van der Waals surface area (Å²) < 4.78 is 29.8. The van der Waals surface area contributed by atoms with Crippen LogP contribution in [0.15, 0.2) is 0 Å². The molecule has 0 bridgehead atoms. The van der Waals surface area contributed by atoms with Gasteiger partial charge in [-0.1, -0.05) is 25.7 Å². The first kappa shape index (κ1) is 17.7. The maximum absolute atomic E-state index is 12.3. The lowest BCUT2D eigenvalue weighted by atomic mass is 9.94. The summed E-state index contributed by atoms with van der Waals surface area (Å²) >= 11 is 0.